The molecule has 0 saturated heterocycles. The molecule has 8 heteroatoms. The largest absolute Gasteiger partial charge is 0.744 e. The zero-order valence-corrected chi connectivity index (χ0v) is 23.1. The third-order valence-corrected chi connectivity index (χ3v) is 12.6. The molecule has 0 radical (unpaired) electrons. The molecule has 3 aliphatic rings. The van der Waals surface area contributed by atoms with Crippen molar-refractivity contribution in [2.45, 2.75) is 142 Å². The van der Waals surface area contributed by atoms with E-state index in [2.05, 4.69) is 0 Å². The van der Waals surface area contributed by atoms with Crippen LogP contribution in [0.4, 0.5) is 13.2 Å². The van der Waals surface area contributed by atoms with Crippen molar-refractivity contribution in [3.8, 4) is 0 Å². The van der Waals surface area contributed by atoms with Crippen molar-refractivity contribution in [2.75, 3.05) is 0 Å². The first-order valence-electron chi connectivity index (χ1n) is 14.0. The molecule has 3 saturated carbocycles. The van der Waals surface area contributed by atoms with Crippen LogP contribution in [0.1, 0.15) is 121 Å². The Bertz CT molecular complexity index is 799. The van der Waals surface area contributed by atoms with E-state index in [0.717, 1.165) is 26.6 Å². The van der Waals surface area contributed by atoms with Crippen molar-refractivity contribution < 1.29 is 26.1 Å². The van der Waals surface area contributed by atoms with Gasteiger partial charge in [-0.25, -0.2) is 8.42 Å². The predicted molar refractivity (Wildman–Crippen MR) is 141 cm³/mol. The lowest BCUT2D eigenvalue weighted by molar-refractivity contribution is -0.137. The minimum absolute atomic E-state index is 0.546. The van der Waals surface area contributed by atoms with Gasteiger partial charge in [0.1, 0.15) is 25.9 Å². The molecule has 0 heterocycles. The van der Waals surface area contributed by atoms with Crippen LogP contribution in [0.2, 0.25) is 0 Å². The van der Waals surface area contributed by atoms with E-state index >= 15 is 0 Å². The fourth-order valence-corrected chi connectivity index (χ4v) is 10.9. The van der Waals surface area contributed by atoms with E-state index in [1.165, 1.54) is 38.5 Å². The second kappa shape index (κ2) is 14.4. The van der Waals surface area contributed by atoms with Crippen molar-refractivity contribution in [1.82, 2.24) is 0 Å². The second-order valence-electron chi connectivity index (χ2n) is 10.7. The number of hydrogen-bond acceptors (Lipinski definition) is 3. The van der Waals surface area contributed by atoms with E-state index in [0.29, 0.717) is 24.3 Å². The van der Waals surface area contributed by atoms with Gasteiger partial charge in [-0.15, -0.1) is 0 Å². The summed E-state index contributed by atoms with van der Waals surface area (Å²) in [6.07, 6.45) is 23.5. The highest BCUT2D eigenvalue weighted by molar-refractivity contribution is 7.98. The Morgan fingerprint density at radius 1 is 0.611 bits per heavy atom. The summed E-state index contributed by atoms with van der Waals surface area (Å²) in [6.45, 7) is 0. The van der Waals surface area contributed by atoms with Gasteiger partial charge >= 0.3 is 6.18 Å². The first-order chi connectivity index (χ1) is 17.2. The van der Waals surface area contributed by atoms with Gasteiger partial charge in [-0.05, 0) is 112 Å². The van der Waals surface area contributed by atoms with Crippen LogP contribution in [0, 0.1) is 0 Å². The fraction of sp³-hybridized carbons (Fsp3) is 0.786. The molecule has 206 valence electrons. The molecule has 1 aromatic carbocycles. The summed E-state index contributed by atoms with van der Waals surface area (Å²) in [5, 5.41) is 3.40. The molecule has 3 fully saturated rings. The van der Waals surface area contributed by atoms with Crippen LogP contribution >= 0.6 is 0 Å². The van der Waals surface area contributed by atoms with Gasteiger partial charge in [-0.3, -0.25) is 0 Å². The third-order valence-electron chi connectivity index (χ3n) is 8.03. The van der Waals surface area contributed by atoms with Crippen LogP contribution < -0.4 is 0 Å². The summed E-state index contributed by atoms with van der Waals surface area (Å²) in [4.78, 5) is -0.675. The SMILES string of the molecule is C1CCCC([S+](C2CCCCCC2)C2CCCCCC2)CC1.O=S(=O)([O-])c1ccc(C(F)(F)F)cc1. The maximum absolute atomic E-state index is 12.0. The lowest BCUT2D eigenvalue weighted by atomic mass is 10.2. The molecule has 3 aliphatic carbocycles. The van der Waals surface area contributed by atoms with Crippen molar-refractivity contribution in [2.24, 2.45) is 0 Å². The quantitative estimate of drug-likeness (QED) is 0.216. The second-order valence-corrected chi connectivity index (χ2v) is 14.9. The smallest absolute Gasteiger partial charge is 0.416 e. The van der Waals surface area contributed by atoms with Crippen LogP contribution in [0.3, 0.4) is 0 Å². The molecule has 0 spiro atoms. The molecule has 1 aromatic rings. The molecule has 0 unspecified atom stereocenters. The standard InChI is InChI=1S/C21H39S.C7H5F3O3S/c1-2-8-14-19(13-7-1)22(20-15-9-3-4-10-16-20)21-17-11-5-6-12-18-21;8-7(9,10)5-1-3-6(4-2-5)14(11,12)13/h19-21H,1-18H2;1-4H,(H,11,12,13)/q+1;/p-1. The maximum Gasteiger partial charge on any atom is 0.416 e. The Balaban J connectivity index is 0.000000223. The summed E-state index contributed by atoms with van der Waals surface area (Å²) in [5.41, 5.74) is -0.995. The Kier molecular flexibility index (Phi) is 12.0. The van der Waals surface area contributed by atoms with Gasteiger partial charge in [-0.1, -0.05) is 38.5 Å². The average molecular weight is 549 g/mol. The molecule has 0 N–H and O–H groups in total. The van der Waals surface area contributed by atoms with E-state index in [1.807, 2.05) is 0 Å². The summed E-state index contributed by atoms with van der Waals surface area (Å²) in [5.74, 6) is 0. The first kappa shape index (κ1) is 29.8. The predicted octanol–water partition coefficient (Wildman–Crippen LogP) is 8.38. The summed E-state index contributed by atoms with van der Waals surface area (Å²) >= 11 is 0. The summed E-state index contributed by atoms with van der Waals surface area (Å²) in [7, 11) is -3.90. The van der Waals surface area contributed by atoms with Crippen LogP contribution in [0.15, 0.2) is 29.2 Å². The molecular formula is C28H43F3O3S2. The molecule has 4 rings (SSSR count). The molecule has 36 heavy (non-hydrogen) atoms. The van der Waals surface area contributed by atoms with Crippen LogP contribution in [0.25, 0.3) is 0 Å². The molecule has 0 amide bonds. The van der Waals surface area contributed by atoms with Gasteiger partial charge in [0.15, 0.2) is 0 Å². The lowest BCUT2D eigenvalue weighted by Crippen LogP contribution is -2.40. The average Bonchev–Trinajstić information content (AvgIpc) is 3.36. The molecule has 0 aromatic heterocycles. The third kappa shape index (κ3) is 9.54. The summed E-state index contributed by atoms with van der Waals surface area (Å²) in [6, 6.07) is 2.35. The zero-order chi connectivity index (χ0) is 26.0. The Morgan fingerprint density at radius 3 is 1.17 bits per heavy atom. The topological polar surface area (TPSA) is 57.2 Å². The van der Waals surface area contributed by atoms with Gasteiger partial charge in [0.05, 0.1) is 10.5 Å². The van der Waals surface area contributed by atoms with Crippen LogP contribution in [-0.4, -0.2) is 28.7 Å². The van der Waals surface area contributed by atoms with Crippen molar-refractivity contribution in [3.63, 3.8) is 0 Å². The van der Waals surface area contributed by atoms with Crippen molar-refractivity contribution in [3.05, 3.63) is 29.8 Å². The van der Waals surface area contributed by atoms with E-state index in [9.17, 15) is 26.1 Å². The number of benzene rings is 1. The molecule has 3 nitrogen and oxygen atoms in total. The van der Waals surface area contributed by atoms with Crippen LogP contribution in [-0.2, 0) is 27.2 Å². The monoisotopic (exact) mass is 548 g/mol. The zero-order valence-electron chi connectivity index (χ0n) is 21.4. The van der Waals surface area contributed by atoms with E-state index in [4.69, 9.17) is 0 Å². The van der Waals surface area contributed by atoms with Gasteiger partial charge < -0.3 is 4.55 Å². The van der Waals surface area contributed by atoms with Gasteiger partial charge in [-0.2, -0.15) is 13.2 Å². The summed E-state index contributed by atoms with van der Waals surface area (Å²) < 4.78 is 67.0. The minimum Gasteiger partial charge on any atom is -0.744 e. The van der Waals surface area contributed by atoms with Gasteiger partial charge in [0, 0.05) is 0 Å². The number of hydrogen-bond donors (Lipinski definition) is 0. The maximum atomic E-state index is 12.0. The Morgan fingerprint density at radius 2 is 0.917 bits per heavy atom. The molecule has 0 bridgehead atoms. The number of alkyl halides is 3. The van der Waals surface area contributed by atoms with E-state index in [1.54, 1.807) is 77.0 Å². The molecule has 0 atom stereocenters. The highest BCUT2D eigenvalue weighted by Gasteiger charge is 2.44. The number of rotatable bonds is 4. The molecular weight excluding hydrogens is 505 g/mol. The van der Waals surface area contributed by atoms with Gasteiger partial charge in [0.25, 0.3) is 0 Å². The van der Waals surface area contributed by atoms with Crippen molar-refractivity contribution >= 4 is 21.0 Å². The Labute approximate surface area is 219 Å². The highest BCUT2D eigenvalue weighted by Crippen LogP contribution is 2.39. The normalized spacial score (nSPS) is 22.2. The first-order valence-corrected chi connectivity index (χ1v) is 16.8. The fourth-order valence-electron chi connectivity index (χ4n) is 6.17. The highest BCUT2D eigenvalue weighted by atomic mass is 32.2. The number of halogens is 3. The minimum atomic E-state index is -4.68. The molecule has 0 aliphatic heterocycles. The van der Waals surface area contributed by atoms with Crippen molar-refractivity contribution in [1.29, 1.82) is 0 Å². The van der Waals surface area contributed by atoms with E-state index < -0.39 is 26.8 Å². The lowest BCUT2D eigenvalue weighted by Gasteiger charge is -2.30. The van der Waals surface area contributed by atoms with Crippen LogP contribution in [0.5, 0.6) is 0 Å². The van der Waals surface area contributed by atoms with E-state index in [-0.39, 0.29) is 0 Å². The Hall–Kier alpha value is -0.730. The van der Waals surface area contributed by atoms with Gasteiger partial charge in [0.2, 0.25) is 0 Å².